The lowest BCUT2D eigenvalue weighted by atomic mass is 9.65. The largest absolute Gasteiger partial charge is 0.381 e. The summed E-state index contributed by atoms with van der Waals surface area (Å²) >= 11 is 3.69. The molecule has 22 heavy (non-hydrogen) atoms. The SMILES string of the molecule is COC1CC(NC(=O)c2ccccc2)CCC1(CBr)C(C)C. The molecule has 1 aromatic rings. The van der Waals surface area contributed by atoms with E-state index in [0.717, 1.165) is 30.2 Å². The van der Waals surface area contributed by atoms with E-state index in [0.29, 0.717) is 5.92 Å². The van der Waals surface area contributed by atoms with Gasteiger partial charge < -0.3 is 10.1 Å². The highest BCUT2D eigenvalue weighted by Gasteiger charge is 2.45. The van der Waals surface area contributed by atoms with E-state index < -0.39 is 0 Å². The molecule has 1 aliphatic rings. The number of amides is 1. The minimum Gasteiger partial charge on any atom is -0.381 e. The molecule has 1 aliphatic carbocycles. The standard InChI is InChI=1S/C18H26BrNO2/c1-13(2)18(12-19)10-9-15(11-16(18)22-3)20-17(21)14-7-5-4-6-8-14/h4-8,13,15-16H,9-12H2,1-3H3,(H,20,21). The van der Waals surface area contributed by atoms with Crippen LogP contribution in [0.5, 0.6) is 0 Å². The van der Waals surface area contributed by atoms with E-state index in [4.69, 9.17) is 4.74 Å². The van der Waals surface area contributed by atoms with Crippen LogP contribution < -0.4 is 5.32 Å². The summed E-state index contributed by atoms with van der Waals surface area (Å²) in [6.07, 6.45) is 3.11. The van der Waals surface area contributed by atoms with Gasteiger partial charge >= 0.3 is 0 Å². The number of hydrogen-bond acceptors (Lipinski definition) is 2. The van der Waals surface area contributed by atoms with Crippen molar-refractivity contribution in [3.05, 3.63) is 35.9 Å². The molecule has 0 heterocycles. The highest BCUT2D eigenvalue weighted by molar-refractivity contribution is 9.09. The molecule has 1 amide bonds. The second-order valence-corrected chi connectivity index (χ2v) is 7.12. The fourth-order valence-electron chi connectivity index (χ4n) is 3.50. The lowest BCUT2D eigenvalue weighted by Gasteiger charge is -2.48. The third-order valence-corrected chi connectivity index (χ3v) is 6.20. The van der Waals surface area contributed by atoms with Crippen LogP contribution >= 0.6 is 15.9 Å². The zero-order valence-electron chi connectivity index (χ0n) is 13.6. The number of benzene rings is 1. The molecule has 3 nitrogen and oxygen atoms in total. The molecule has 122 valence electrons. The van der Waals surface area contributed by atoms with E-state index in [1.165, 1.54) is 0 Å². The number of rotatable bonds is 5. The predicted molar refractivity (Wildman–Crippen MR) is 93.4 cm³/mol. The average molecular weight is 368 g/mol. The topological polar surface area (TPSA) is 38.3 Å². The molecule has 0 saturated heterocycles. The van der Waals surface area contributed by atoms with Gasteiger partial charge in [0.25, 0.3) is 5.91 Å². The average Bonchev–Trinajstić information content (AvgIpc) is 2.55. The zero-order chi connectivity index (χ0) is 16.2. The second kappa shape index (κ2) is 7.60. The molecule has 1 fully saturated rings. The molecule has 0 radical (unpaired) electrons. The van der Waals surface area contributed by atoms with Gasteiger partial charge in [-0.1, -0.05) is 48.0 Å². The number of nitrogens with one attached hydrogen (secondary N) is 1. The van der Waals surface area contributed by atoms with Gasteiger partial charge in [0.1, 0.15) is 0 Å². The van der Waals surface area contributed by atoms with Crippen molar-refractivity contribution in [1.82, 2.24) is 5.32 Å². The molecule has 1 aromatic carbocycles. The summed E-state index contributed by atoms with van der Waals surface area (Å²) in [5.74, 6) is 0.555. The Hall–Kier alpha value is -0.870. The Bertz CT molecular complexity index is 491. The smallest absolute Gasteiger partial charge is 0.251 e. The van der Waals surface area contributed by atoms with Crippen LogP contribution in [0.1, 0.15) is 43.5 Å². The van der Waals surface area contributed by atoms with Crippen LogP contribution in [-0.4, -0.2) is 30.5 Å². The Balaban J connectivity index is 2.03. The first-order valence-corrected chi connectivity index (χ1v) is 9.10. The van der Waals surface area contributed by atoms with Gasteiger partial charge in [-0.15, -0.1) is 0 Å². The highest BCUT2D eigenvalue weighted by Crippen LogP contribution is 2.45. The molecule has 0 spiro atoms. The summed E-state index contributed by atoms with van der Waals surface area (Å²) in [6.45, 7) is 4.52. The van der Waals surface area contributed by atoms with Crippen LogP contribution in [0, 0.1) is 11.3 Å². The van der Waals surface area contributed by atoms with Gasteiger partial charge in [-0.2, -0.15) is 0 Å². The first kappa shape index (κ1) is 17.5. The fourth-order valence-corrected chi connectivity index (χ4v) is 4.79. The summed E-state index contributed by atoms with van der Waals surface area (Å²) in [5, 5.41) is 4.11. The first-order valence-electron chi connectivity index (χ1n) is 7.98. The van der Waals surface area contributed by atoms with Gasteiger partial charge in [-0.3, -0.25) is 4.79 Å². The van der Waals surface area contributed by atoms with Crippen molar-refractivity contribution >= 4 is 21.8 Å². The molecule has 0 aromatic heterocycles. The second-order valence-electron chi connectivity index (χ2n) is 6.56. The van der Waals surface area contributed by atoms with Crippen LogP contribution in [0.15, 0.2) is 30.3 Å². The van der Waals surface area contributed by atoms with E-state index in [2.05, 4.69) is 35.1 Å². The number of hydrogen-bond donors (Lipinski definition) is 1. The number of carbonyl (C=O) groups is 1. The summed E-state index contributed by atoms with van der Waals surface area (Å²) in [7, 11) is 1.78. The number of carbonyl (C=O) groups excluding carboxylic acids is 1. The summed E-state index contributed by atoms with van der Waals surface area (Å²) in [4.78, 5) is 12.3. The van der Waals surface area contributed by atoms with Crippen molar-refractivity contribution in [2.24, 2.45) is 11.3 Å². The summed E-state index contributed by atoms with van der Waals surface area (Å²) in [6, 6.07) is 9.59. The van der Waals surface area contributed by atoms with E-state index in [9.17, 15) is 4.79 Å². The van der Waals surface area contributed by atoms with E-state index >= 15 is 0 Å². The van der Waals surface area contributed by atoms with Crippen LogP contribution in [0.3, 0.4) is 0 Å². The van der Waals surface area contributed by atoms with Crippen LogP contribution in [0.2, 0.25) is 0 Å². The zero-order valence-corrected chi connectivity index (χ0v) is 15.2. The maximum absolute atomic E-state index is 12.3. The quantitative estimate of drug-likeness (QED) is 0.798. The Morgan fingerprint density at radius 3 is 2.64 bits per heavy atom. The van der Waals surface area contributed by atoms with Gasteiger partial charge in [-0.25, -0.2) is 0 Å². The Morgan fingerprint density at radius 2 is 2.09 bits per heavy atom. The maximum Gasteiger partial charge on any atom is 0.251 e. The first-order chi connectivity index (χ1) is 10.5. The van der Waals surface area contributed by atoms with Crippen molar-refractivity contribution in [3.8, 4) is 0 Å². The van der Waals surface area contributed by atoms with E-state index in [-0.39, 0.29) is 23.5 Å². The lowest BCUT2D eigenvalue weighted by molar-refractivity contribution is -0.0619. The minimum atomic E-state index is 0.0105. The van der Waals surface area contributed by atoms with Crippen molar-refractivity contribution in [2.75, 3.05) is 12.4 Å². The van der Waals surface area contributed by atoms with Crippen LogP contribution in [0.4, 0.5) is 0 Å². The Kier molecular flexibility index (Phi) is 6.04. The Labute approximate surface area is 141 Å². The van der Waals surface area contributed by atoms with Crippen molar-refractivity contribution in [1.29, 1.82) is 0 Å². The number of halogens is 1. The Morgan fingerprint density at radius 1 is 1.41 bits per heavy atom. The van der Waals surface area contributed by atoms with Gasteiger partial charge in [-0.05, 0) is 37.3 Å². The molecule has 2 rings (SSSR count). The molecular formula is C18H26BrNO2. The van der Waals surface area contributed by atoms with Crippen LogP contribution in [0.25, 0.3) is 0 Å². The molecular weight excluding hydrogens is 342 g/mol. The minimum absolute atomic E-state index is 0.0105. The van der Waals surface area contributed by atoms with Crippen molar-refractivity contribution in [3.63, 3.8) is 0 Å². The molecule has 4 heteroatoms. The fraction of sp³-hybridized carbons (Fsp3) is 0.611. The molecule has 3 unspecified atom stereocenters. The summed E-state index contributed by atoms with van der Waals surface area (Å²) < 4.78 is 5.80. The molecule has 0 aliphatic heterocycles. The monoisotopic (exact) mass is 367 g/mol. The number of methoxy groups -OCH3 is 1. The van der Waals surface area contributed by atoms with Gasteiger partial charge in [0.2, 0.25) is 0 Å². The van der Waals surface area contributed by atoms with Gasteiger partial charge in [0.05, 0.1) is 6.10 Å². The molecule has 1 saturated carbocycles. The molecule has 3 atom stereocenters. The predicted octanol–water partition coefficient (Wildman–Crippen LogP) is 4.02. The van der Waals surface area contributed by atoms with E-state index in [1.807, 2.05) is 30.3 Å². The molecule has 0 bridgehead atoms. The lowest BCUT2D eigenvalue weighted by Crippen LogP contribution is -2.52. The van der Waals surface area contributed by atoms with Crippen LogP contribution in [-0.2, 0) is 4.74 Å². The third kappa shape index (κ3) is 3.54. The van der Waals surface area contributed by atoms with E-state index in [1.54, 1.807) is 7.11 Å². The van der Waals surface area contributed by atoms with Crippen molar-refractivity contribution < 1.29 is 9.53 Å². The van der Waals surface area contributed by atoms with Crippen molar-refractivity contribution in [2.45, 2.75) is 45.3 Å². The number of alkyl halides is 1. The number of ether oxygens (including phenoxy) is 1. The highest BCUT2D eigenvalue weighted by atomic mass is 79.9. The molecule has 1 N–H and O–H groups in total. The maximum atomic E-state index is 12.3. The van der Waals surface area contributed by atoms with Gasteiger partial charge in [0.15, 0.2) is 0 Å². The normalized spacial score (nSPS) is 28.6. The summed E-state index contributed by atoms with van der Waals surface area (Å²) in [5.41, 5.74) is 0.876. The third-order valence-electron chi connectivity index (χ3n) is 5.15. The van der Waals surface area contributed by atoms with Gasteiger partial charge in [0, 0.05) is 29.5 Å².